The number of amides is 1. The summed E-state index contributed by atoms with van der Waals surface area (Å²) in [6.07, 6.45) is 1.30. The molecule has 120 valence electrons. The number of hydrogen-bond acceptors (Lipinski definition) is 3. The van der Waals surface area contributed by atoms with Crippen LogP contribution in [0.2, 0.25) is 0 Å². The number of carbonyl (C=O) groups is 1. The van der Waals surface area contributed by atoms with E-state index in [4.69, 9.17) is 0 Å². The maximum Gasteiger partial charge on any atom is 0.269 e. The summed E-state index contributed by atoms with van der Waals surface area (Å²) in [5, 5.41) is 0. The number of rotatable bonds is 4. The lowest BCUT2D eigenvalue weighted by molar-refractivity contribution is 0.0962. The van der Waals surface area contributed by atoms with Crippen molar-refractivity contribution in [2.45, 2.75) is 6.92 Å². The summed E-state index contributed by atoms with van der Waals surface area (Å²) in [4.78, 5) is 15.7. The molecule has 0 saturated heterocycles. The highest BCUT2D eigenvalue weighted by Crippen LogP contribution is 2.23. The summed E-state index contributed by atoms with van der Waals surface area (Å²) in [5.74, 6) is -0.846. The SMILES string of the molecule is Cc1cc(C(=O)NNc2ccc(F)nc2)ccc1-c1ccccc1. The van der Waals surface area contributed by atoms with Crippen LogP contribution in [0.15, 0.2) is 66.9 Å². The van der Waals surface area contributed by atoms with Gasteiger partial charge >= 0.3 is 0 Å². The highest BCUT2D eigenvalue weighted by atomic mass is 19.1. The number of aromatic nitrogens is 1. The first-order valence-corrected chi connectivity index (χ1v) is 7.47. The fourth-order valence-electron chi connectivity index (χ4n) is 2.40. The second kappa shape index (κ2) is 6.91. The van der Waals surface area contributed by atoms with Gasteiger partial charge in [0.25, 0.3) is 5.91 Å². The number of pyridine rings is 1. The van der Waals surface area contributed by atoms with Crippen molar-refractivity contribution in [3.8, 4) is 11.1 Å². The minimum atomic E-state index is -0.570. The van der Waals surface area contributed by atoms with Crippen LogP contribution < -0.4 is 10.9 Å². The molecule has 5 heteroatoms. The van der Waals surface area contributed by atoms with E-state index in [2.05, 4.69) is 15.8 Å². The predicted molar refractivity (Wildman–Crippen MR) is 91.9 cm³/mol. The van der Waals surface area contributed by atoms with Gasteiger partial charge in [-0.1, -0.05) is 36.4 Å². The molecule has 0 aliphatic carbocycles. The molecule has 0 aliphatic heterocycles. The minimum Gasteiger partial charge on any atom is -0.297 e. The molecule has 3 rings (SSSR count). The van der Waals surface area contributed by atoms with Gasteiger partial charge in [-0.25, -0.2) is 4.98 Å². The Balaban J connectivity index is 1.71. The fourth-order valence-corrected chi connectivity index (χ4v) is 2.40. The molecule has 1 amide bonds. The van der Waals surface area contributed by atoms with Crippen molar-refractivity contribution in [1.82, 2.24) is 10.4 Å². The summed E-state index contributed by atoms with van der Waals surface area (Å²) in [6.45, 7) is 1.97. The van der Waals surface area contributed by atoms with E-state index in [9.17, 15) is 9.18 Å². The normalized spacial score (nSPS) is 10.2. The van der Waals surface area contributed by atoms with Gasteiger partial charge < -0.3 is 0 Å². The van der Waals surface area contributed by atoms with Crippen molar-refractivity contribution in [2.24, 2.45) is 0 Å². The van der Waals surface area contributed by atoms with E-state index in [-0.39, 0.29) is 5.91 Å². The molecule has 1 heterocycles. The van der Waals surface area contributed by atoms with Crippen LogP contribution >= 0.6 is 0 Å². The molecule has 0 radical (unpaired) electrons. The quantitative estimate of drug-likeness (QED) is 0.565. The number of hydrogen-bond donors (Lipinski definition) is 2. The minimum absolute atomic E-state index is 0.276. The van der Waals surface area contributed by atoms with Crippen molar-refractivity contribution in [3.63, 3.8) is 0 Å². The third kappa shape index (κ3) is 3.57. The largest absolute Gasteiger partial charge is 0.297 e. The van der Waals surface area contributed by atoms with Crippen molar-refractivity contribution < 1.29 is 9.18 Å². The average molecular weight is 321 g/mol. The Morgan fingerprint density at radius 2 is 1.83 bits per heavy atom. The molecule has 0 spiro atoms. The lowest BCUT2D eigenvalue weighted by atomic mass is 9.98. The molecule has 4 nitrogen and oxygen atoms in total. The molecular weight excluding hydrogens is 305 g/mol. The smallest absolute Gasteiger partial charge is 0.269 e. The zero-order valence-electron chi connectivity index (χ0n) is 13.1. The van der Waals surface area contributed by atoms with Gasteiger partial charge in [-0.2, -0.15) is 4.39 Å². The summed E-state index contributed by atoms with van der Waals surface area (Å²) in [6, 6.07) is 18.2. The molecule has 0 bridgehead atoms. The second-order valence-corrected chi connectivity index (χ2v) is 5.34. The zero-order valence-corrected chi connectivity index (χ0v) is 13.1. The lowest BCUT2D eigenvalue weighted by Gasteiger charge is -2.11. The first-order chi connectivity index (χ1) is 11.6. The van der Waals surface area contributed by atoms with E-state index in [1.807, 2.05) is 49.4 Å². The molecule has 0 aliphatic rings. The lowest BCUT2D eigenvalue weighted by Crippen LogP contribution is -2.29. The fraction of sp³-hybridized carbons (Fsp3) is 0.0526. The molecule has 0 fully saturated rings. The number of nitrogens with one attached hydrogen (secondary N) is 2. The Kier molecular flexibility index (Phi) is 4.52. The Hall–Kier alpha value is -3.21. The molecule has 24 heavy (non-hydrogen) atoms. The second-order valence-electron chi connectivity index (χ2n) is 5.34. The van der Waals surface area contributed by atoms with Crippen LogP contribution in [-0.4, -0.2) is 10.9 Å². The molecule has 1 aromatic heterocycles. The highest BCUT2D eigenvalue weighted by molar-refractivity contribution is 5.95. The number of halogens is 1. The molecule has 0 saturated carbocycles. The van der Waals surface area contributed by atoms with Crippen molar-refractivity contribution in [2.75, 3.05) is 5.43 Å². The van der Waals surface area contributed by atoms with Gasteiger partial charge in [0.05, 0.1) is 11.9 Å². The van der Waals surface area contributed by atoms with Gasteiger partial charge in [-0.15, -0.1) is 0 Å². The first kappa shape index (κ1) is 15.7. The maximum absolute atomic E-state index is 12.7. The highest BCUT2D eigenvalue weighted by Gasteiger charge is 2.08. The maximum atomic E-state index is 12.7. The van der Waals surface area contributed by atoms with Gasteiger partial charge in [0, 0.05) is 5.56 Å². The van der Waals surface area contributed by atoms with Gasteiger partial charge in [-0.05, 0) is 47.9 Å². The van der Waals surface area contributed by atoms with Crippen LogP contribution in [0.5, 0.6) is 0 Å². The zero-order chi connectivity index (χ0) is 16.9. The van der Waals surface area contributed by atoms with Gasteiger partial charge in [0.15, 0.2) is 0 Å². The Morgan fingerprint density at radius 1 is 1.04 bits per heavy atom. The topological polar surface area (TPSA) is 54.0 Å². The Bertz CT molecular complexity index is 848. The van der Waals surface area contributed by atoms with Gasteiger partial charge in [0.2, 0.25) is 5.95 Å². The van der Waals surface area contributed by atoms with E-state index < -0.39 is 5.95 Å². The molecule has 2 N–H and O–H groups in total. The Morgan fingerprint density at radius 3 is 2.50 bits per heavy atom. The van der Waals surface area contributed by atoms with Crippen LogP contribution in [-0.2, 0) is 0 Å². The van der Waals surface area contributed by atoms with Crippen LogP contribution in [0.1, 0.15) is 15.9 Å². The van der Waals surface area contributed by atoms with Gasteiger partial charge in [-0.3, -0.25) is 15.6 Å². The van der Waals surface area contributed by atoms with Crippen molar-refractivity contribution in [3.05, 3.63) is 83.9 Å². The number of anilines is 1. The van der Waals surface area contributed by atoms with E-state index >= 15 is 0 Å². The summed E-state index contributed by atoms with van der Waals surface area (Å²) in [5.41, 5.74) is 9.52. The summed E-state index contributed by atoms with van der Waals surface area (Å²) in [7, 11) is 0. The number of carbonyl (C=O) groups excluding carboxylic acids is 1. The van der Waals surface area contributed by atoms with Crippen LogP contribution in [0, 0.1) is 12.9 Å². The van der Waals surface area contributed by atoms with Crippen LogP contribution in [0.4, 0.5) is 10.1 Å². The third-order valence-electron chi connectivity index (χ3n) is 3.62. The molecule has 2 aromatic carbocycles. The number of hydrazine groups is 1. The third-order valence-corrected chi connectivity index (χ3v) is 3.62. The number of aryl methyl sites for hydroxylation is 1. The van der Waals surface area contributed by atoms with E-state index in [1.54, 1.807) is 6.07 Å². The first-order valence-electron chi connectivity index (χ1n) is 7.47. The van der Waals surface area contributed by atoms with E-state index in [0.29, 0.717) is 11.3 Å². The van der Waals surface area contributed by atoms with Crippen molar-refractivity contribution >= 4 is 11.6 Å². The molecular formula is C19H16FN3O. The summed E-state index contributed by atoms with van der Waals surface area (Å²) >= 11 is 0. The van der Waals surface area contributed by atoms with Gasteiger partial charge in [0.1, 0.15) is 0 Å². The predicted octanol–water partition coefficient (Wildman–Crippen LogP) is 3.95. The van der Waals surface area contributed by atoms with E-state index in [0.717, 1.165) is 16.7 Å². The standard InChI is InChI=1S/C19H16FN3O/c1-13-11-15(7-9-17(13)14-5-3-2-4-6-14)19(24)23-22-16-8-10-18(20)21-12-16/h2-12,22H,1H3,(H,23,24). The molecule has 3 aromatic rings. The van der Waals surface area contributed by atoms with Crippen molar-refractivity contribution in [1.29, 1.82) is 0 Å². The number of benzene rings is 2. The summed E-state index contributed by atoms with van der Waals surface area (Å²) < 4.78 is 12.7. The molecule has 0 unspecified atom stereocenters. The number of nitrogens with zero attached hydrogens (tertiary/aromatic N) is 1. The van der Waals surface area contributed by atoms with Crippen LogP contribution in [0.25, 0.3) is 11.1 Å². The molecule has 0 atom stereocenters. The Labute approximate surface area is 139 Å². The van der Waals surface area contributed by atoms with Crippen LogP contribution in [0.3, 0.4) is 0 Å². The monoisotopic (exact) mass is 321 g/mol. The van der Waals surface area contributed by atoms with E-state index in [1.165, 1.54) is 18.3 Å². The average Bonchev–Trinajstić information content (AvgIpc) is 2.61.